The summed E-state index contributed by atoms with van der Waals surface area (Å²) in [7, 11) is 0. The topological polar surface area (TPSA) is 53.4 Å². The van der Waals surface area contributed by atoms with Crippen LogP contribution in [0.15, 0.2) is 5.38 Å². The van der Waals surface area contributed by atoms with Crippen LogP contribution in [0.2, 0.25) is 0 Å². The van der Waals surface area contributed by atoms with E-state index in [1.54, 1.807) is 25.2 Å². The molecular weight excluding hydrogens is 248 g/mol. The van der Waals surface area contributed by atoms with Crippen LogP contribution in [-0.2, 0) is 10.2 Å². The maximum absolute atomic E-state index is 11.2. The first-order valence-corrected chi connectivity index (χ1v) is 7.32. The summed E-state index contributed by atoms with van der Waals surface area (Å²) < 4.78 is 0. The summed E-state index contributed by atoms with van der Waals surface area (Å²) in [6.45, 7) is 4.53. The number of carboxylic acid groups (broad SMARTS) is 1. The molecule has 1 aliphatic carbocycles. The van der Waals surface area contributed by atoms with Gasteiger partial charge in [-0.15, -0.1) is 11.3 Å². The van der Waals surface area contributed by atoms with Gasteiger partial charge >= 0.3 is 5.97 Å². The number of rotatable bonds is 3. The zero-order valence-electron chi connectivity index (χ0n) is 10.7. The molecule has 1 aromatic heterocycles. The highest BCUT2D eigenvalue weighted by Crippen LogP contribution is 2.41. The lowest BCUT2D eigenvalue weighted by Gasteiger charge is -2.26. The smallest absolute Gasteiger partial charge is 0.315 e. The highest BCUT2D eigenvalue weighted by molar-refractivity contribution is 7.13. The number of thiazole rings is 1. The summed E-state index contributed by atoms with van der Waals surface area (Å²) >= 11 is 1.58. The maximum Gasteiger partial charge on any atom is 0.315 e. The third-order valence-electron chi connectivity index (χ3n) is 4.32. The van der Waals surface area contributed by atoms with Gasteiger partial charge in [-0.1, -0.05) is 0 Å². The molecule has 5 heteroatoms. The Hall–Kier alpha value is -1.10. The fourth-order valence-corrected chi connectivity index (χ4v) is 4.03. The third kappa shape index (κ3) is 1.72. The van der Waals surface area contributed by atoms with E-state index in [1.807, 2.05) is 5.38 Å². The molecular formula is C13H18N2O2S. The Morgan fingerprint density at radius 3 is 2.89 bits per heavy atom. The van der Waals surface area contributed by atoms with E-state index in [4.69, 9.17) is 0 Å². The van der Waals surface area contributed by atoms with Crippen LogP contribution >= 0.6 is 11.3 Å². The first-order valence-electron chi connectivity index (χ1n) is 6.44. The molecule has 1 N–H and O–H groups in total. The zero-order valence-corrected chi connectivity index (χ0v) is 11.5. The Kier molecular flexibility index (Phi) is 2.62. The molecule has 2 heterocycles. The number of carboxylic acids is 1. The number of anilines is 1. The van der Waals surface area contributed by atoms with Gasteiger partial charge in [-0.2, -0.15) is 0 Å². The molecule has 0 amide bonds. The van der Waals surface area contributed by atoms with E-state index in [9.17, 15) is 9.90 Å². The zero-order chi connectivity index (χ0) is 12.9. The molecule has 1 aliphatic heterocycles. The van der Waals surface area contributed by atoms with Crippen molar-refractivity contribution in [2.45, 2.75) is 44.6 Å². The lowest BCUT2D eigenvalue weighted by atomic mass is 9.90. The van der Waals surface area contributed by atoms with Crippen LogP contribution in [0.4, 0.5) is 5.13 Å². The summed E-state index contributed by atoms with van der Waals surface area (Å²) in [6.07, 6.45) is 3.90. The van der Waals surface area contributed by atoms with Gasteiger partial charge < -0.3 is 10.0 Å². The Morgan fingerprint density at radius 2 is 2.33 bits per heavy atom. The normalized spacial score (nSPS) is 26.9. The van der Waals surface area contributed by atoms with Crippen LogP contribution in [0, 0.1) is 5.92 Å². The first kappa shape index (κ1) is 12.0. The molecule has 2 atom stereocenters. The predicted octanol–water partition coefficient (Wildman–Crippen LogP) is 2.49. The van der Waals surface area contributed by atoms with Gasteiger partial charge in [0.15, 0.2) is 5.13 Å². The van der Waals surface area contributed by atoms with E-state index >= 15 is 0 Å². The van der Waals surface area contributed by atoms with Gasteiger partial charge in [0, 0.05) is 18.0 Å². The molecule has 0 spiro atoms. The van der Waals surface area contributed by atoms with E-state index in [0.717, 1.165) is 17.6 Å². The second-order valence-corrected chi connectivity index (χ2v) is 6.77. The molecule has 1 saturated heterocycles. The van der Waals surface area contributed by atoms with Crippen molar-refractivity contribution in [2.24, 2.45) is 5.92 Å². The summed E-state index contributed by atoms with van der Waals surface area (Å²) in [5.74, 6) is 0.0112. The summed E-state index contributed by atoms with van der Waals surface area (Å²) in [4.78, 5) is 18.2. The van der Waals surface area contributed by atoms with E-state index in [-0.39, 0.29) is 0 Å². The van der Waals surface area contributed by atoms with Crippen molar-refractivity contribution in [3.05, 3.63) is 11.1 Å². The van der Waals surface area contributed by atoms with Crippen molar-refractivity contribution in [1.82, 2.24) is 4.98 Å². The van der Waals surface area contributed by atoms with Crippen LogP contribution in [0.1, 0.15) is 38.8 Å². The van der Waals surface area contributed by atoms with Gasteiger partial charge in [0.1, 0.15) is 5.41 Å². The fraction of sp³-hybridized carbons (Fsp3) is 0.692. The highest BCUT2D eigenvalue weighted by atomic mass is 32.1. The second kappa shape index (κ2) is 3.95. The van der Waals surface area contributed by atoms with Crippen molar-refractivity contribution < 1.29 is 9.90 Å². The van der Waals surface area contributed by atoms with Crippen LogP contribution in [0.25, 0.3) is 0 Å². The monoisotopic (exact) mass is 266 g/mol. The molecule has 4 nitrogen and oxygen atoms in total. The molecule has 3 rings (SSSR count). The Balaban J connectivity index is 1.84. The molecule has 0 radical (unpaired) electrons. The van der Waals surface area contributed by atoms with Crippen molar-refractivity contribution in [2.75, 3.05) is 11.4 Å². The molecule has 2 aliphatic rings. The number of fused-ring (bicyclic) bond motifs is 2. The number of hydrogen-bond acceptors (Lipinski definition) is 4. The van der Waals surface area contributed by atoms with Gasteiger partial charge in [0.25, 0.3) is 0 Å². The standard InChI is InChI=1S/C13H18N2O2S/c1-13(2,11(16)17)10-7-18-12(14-10)15-6-8-3-4-9(15)5-8/h7-9H,3-6H2,1-2H3,(H,16,17). The quantitative estimate of drug-likeness (QED) is 0.913. The Labute approximate surface area is 111 Å². The van der Waals surface area contributed by atoms with E-state index < -0.39 is 11.4 Å². The van der Waals surface area contributed by atoms with Crippen LogP contribution in [0.3, 0.4) is 0 Å². The highest BCUT2D eigenvalue weighted by Gasteiger charge is 2.40. The van der Waals surface area contributed by atoms with Gasteiger partial charge in [-0.3, -0.25) is 4.79 Å². The average Bonchev–Trinajstić information content (AvgIpc) is 3.04. The number of carbonyl (C=O) groups is 1. The minimum Gasteiger partial charge on any atom is -0.481 e. The number of aliphatic carboxylic acids is 1. The van der Waals surface area contributed by atoms with Crippen LogP contribution in [0.5, 0.6) is 0 Å². The fourth-order valence-electron chi connectivity index (χ4n) is 2.95. The molecule has 98 valence electrons. The van der Waals surface area contributed by atoms with E-state index in [1.165, 1.54) is 19.3 Å². The molecule has 1 saturated carbocycles. The largest absolute Gasteiger partial charge is 0.481 e. The summed E-state index contributed by atoms with van der Waals surface area (Å²) in [6, 6.07) is 0.641. The summed E-state index contributed by atoms with van der Waals surface area (Å²) in [5.41, 5.74) is -0.217. The SMILES string of the molecule is CC(C)(C(=O)O)c1csc(N2CC3CCC2C3)n1. The van der Waals surface area contributed by atoms with Crippen molar-refractivity contribution >= 4 is 22.4 Å². The second-order valence-electron chi connectivity index (χ2n) is 5.93. The van der Waals surface area contributed by atoms with Gasteiger partial charge in [0.2, 0.25) is 0 Å². The number of hydrogen-bond donors (Lipinski definition) is 1. The maximum atomic E-state index is 11.2. The molecule has 2 unspecified atom stereocenters. The third-order valence-corrected chi connectivity index (χ3v) is 5.20. The Bertz CT molecular complexity index is 483. The lowest BCUT2D eigenvalue weighted by Crippen LogP contribution is -2.32. The van der Waals surface area contributed by atoms with Crippen LogP contribution in [-0.4, -0.2) is 28.6 Å². The molecule has 0 aromatic carbocycles. The van der Waals surface area contributed by atoms with Crippen molar-refractivity contribution in [1.29, 1.82) is 0 Å². The predicted molar refractivity (Wildman–Crippen MR) is 71.3 cm³/mol. The minimum absolute atomic E-state index is 0.641. The Morgan fingerprint density at radius 1 is 1.56 bits per heavy atom. The van der Waals surface area contributed by atoms with E-state index in [0.29, 0.717) is 11.7 Å². The molecule has 2 bridgehead atoms. The first-order chi connectivity index (χ1) is 8.48. The number of aromatic nitrogens is 1. The van der Waals surface area contributed by atoms with Gasteiger partial charge in [-0.05, 0) is 39.0 Å². The number of piperidine rings is 1. The molecule has 2 fully saturated rings. The van der Waals surface area contributed by atoms with Gasteiger partial charge in [0.05, 0.1) is 5.69 Å². The van der Waals surface area contributed by atoms with Crippen molar-refractivity contribution in [3.63, 3.8) is 0 Å². The van der Waals surface area contributed by atoms with Gasteiger partial charge in [-0.25, -0.2) is 4.98 Å². The molecule has 1 aromatic rings. The van der Waals surface area contributed by atoms with Crippen LogP contribution < -0.4 is 4.90 Å². The minimum atomic E-state index is -0.895. The summed E-state index contributed by atoms with van der Waals surface area (Å²) in [5, 5.41) is 12.1. The lowest BCUT2D eigenvalue weighted by molar-refractivity contribution is -0.142. The number of nitrogens with zero attached hydrogens (tertiary/aromatic N) is 2. The van der Waals surface area contributed by atoms with E-state index in [2.05, 4.69) is 9.88 Å². The van der Waals surface area contributed by atoms with Crippen molar-refractivity contribution in [3.8, 4) is 0 Å². The average molecular weight is 266 g/mol. The molecule has 18 heavy (non-hydrogen) atoms.